The number of methoxy groups -OCH3 is 1. The van der Waals surface area contributed by atoms with Gasteiger partial charge in [0.05, 0.1) is 6.61 Å². The largest absolute Gasteiger partial charge is 0.384 e. The minimum absolute atomic E-state index is 0.0231. The van der Waals surface area contributed by atoms with Crippen molar-refractivity contribution in [2.75, 3.05) is 26.8 Å². The molecule has 1 aliphatic rings. The molecule has 0 radical (unpaired) electrons. The zero-order valence-corrected chi connectivity index (χ0v) is 8.55. The average Bonchev–Trinajstić information content (AvgIpc) is 2.18. The Labute approximate surface area is 79.8 Å². The molecule has 1 aliphatic heterocycles. The molecule has 13 heavy (non-hydrogen) atoms. The molecule has 0 spiro atoms. The van der Waals surface area contributed by atoms with Crippen LogP contribution in [-0.2, 0) is 4.74 Å². The standard InChI is InChI=1S/C10H20FNO/c1-8(7-13-2)10(11)9-4-3-5-12-6-9/h8-10,12H,3-7H2,1-2H3. The van der Waals surface area contributed by atoms with Crippen molar-refractivity contribution < 1.29 is 9.13 Å². The van der Waals surface area contributed by atoms with E-state index >= 15 is 0 Å². The van der Waals surface area contributed by atoms with E-state index in [0.29, 0.717) is 6.61 Å². The van der Waals surface area contributed by atoms with Crippen molar-refractivity contribution in [2.24, 2.45) is 11.8 Å². The first-order valence-electron chi connectivity index (χ1n) is 5.09. The van der Waals surface area contributed by atoms with Gasteiger partial charge < -0.3 is 10.1 Å². The summed E-state index contributed by atoms with van der Waals surface area (Å²) in [6.45, 7) is 4.32. The van der Waals surface area contributed by atoms with Gasteiger partial charge >= 0.3 is 0 Å². The molecule has 0 bridgehead atoms. The zero-order chi connectivity index (χ0) is 9.68. The fraction of sp³-hybridized carbons (Fsp3) is 1.00. The van der Waals surface area contributed by atoms with Gasteiger partial charge in [-0.3, -0.25) is 0 Å². The molecule has 2 nitrogen and oxygen atoms in total. The van der Waals surface area contributed by atoms with Crippen LogP contribution in [0.4, 0.5) is 4.39 Å². The highest BCUT2D eigenvalue weighted by molar-refractivity contribution is 4.79. The Hall–Kier alpha value is -0.150. The van der Waals surface area contributed by atoms with Gasteiger partial charge in [-0.25, -0.2) is 4.39 Å². The predicted octanol–water partition coefficient (Wildman–Crippen LogP) is 1.61. The fourth-order valence-corrected chi connectivity index (χ4v) is 1.97. The van der Waals surface area contributed by atoms with E-state index in [2.05, 4.69) is 5.32 Å². The Morgan fingerprint density at radius 3 is 2.92 bits per heavy atom. The third-order valence-electron chi connectivity index (χ3n) is 2.76. The smallest absolute Gasteiger partial charge is 0.109 e. The molecule has 0 amide bonds. The summed E-state index contributed by atoms with van der Waals surface area (Å²) in [6, 6.07) is 0. The van der Waals surface area contributed by atoms with E-state index in [9.17, 15) is 4.39 Å². The third-order valence-corrected chi connectivity index (χ3v) is 2.76. The summed E-state index contributed by atoms with van der Waals surface area (Å²) in [6.07, 6.45) is 1.40. The lowest BCUT2D eigenvalue weighted by Crippen LogP contribution is -2.38. The number of hydrogen-bond donors (Lipinski definition) is 1. The lowest BCUT2D eigenvalue weighted by molar-refractivity contribution is 0.0699. The Kier molecular flexibility index (Phi) is 4.67. The maximum absolute atomic E-state index is 13.7. The van der Waals surface area contributed by atoms with Crippen molar-refractivity contribution in [3.8, 4) is 0 Å². The van der Waals surface area contributed by atoms with Gasteiger partial charge in [-0.05, 0) is 19.4 Å². The summed E-state index contributed by atoms with van der Waals surface area (Å²) in [5, 5.41) is 3.23. The molecule has 0 aliphatic carbocycles. The van der Waals surface area contributed by atoms with E-state index in [1.807, 2.05) is 6.92 Å². The first kappa shape index (κ1) is 10.9. The van der Waals surface area contributed by atoms with E-state index < -0.39 is 6.17 Å². The Bertz CT molecular complexity index is 137. The number of ether oxygens (including phenoxy) is 1. The lowest BCUT2D eigenvalue weighted by atomic mass is 9.88. The van der Waals surface area contributed by atoms with E-state index in [1.165, 1.54) is 0 Å². The highest BCUT2D eigenvalue weighted by atomic mass is 19.1. The SMILES string of the molecule is COCC(C)C(F)C1CCCNC1. The van der Waals surface area contributed by atoms with Crippen LogP contribution in [-0.4, -0.2) is 33.0 Å². The van der Waals surface area contributed by atoms with Gasteiger partial charge in [0.2, 0.25) is 0 Å². The molecule has 1 heterocycles. The van der Waals surface area contributed by atoms with E-state index in [4.69, 9.17) is 4.74 Å². The molecule has 1 rings (SSSR count). The van der Waals surface area contributed by atoms with Crippen LogP contribution >= 0.6 is 0 Å². The minimum atomic E-state index is -0.715. The van der Waals surface area contributed by atoms with Crippen LogP contribution in [0.3, 0.4) is 0 Å². The van der Waals surface area contributed by atoms with Crippen LogP contribution in [0, 0.1) is 11.8 Å². The van der Waals surface area contributed by atoms with Gasteiger partial charge in [-0.1, -0.05) is 6.92 Å². The molecule has 0 aromatic heterocycles. The van der Waals surface area contributed by atoms with Crippen LogP contribution in [0.25, 0.3) is 0 Å². The quantitative estimate of drug-likeness (QED) is 0.725. The highest BCUT2D eigenvalue weighted by Gasteiger charge is 2.27. The normalized spacial score (nSPS) is 28.4. The van der Waals surface area contributed by atoms with Crippen molar-refractivity contribution in [3.63, 3.8) is 0 Å². The van der Waals surface area contributed by atoms with Gasteiger partial charge in [0.1, 0.15) is 6.17 Å². The molecule has 3 heteroatoms. The van der Waals surface area contributed by atoms with Crippen LogP contribution in [0.15, 0.2) is 0 Å². The molecule has 78 valence electrons. The summed E-state index contributed by atoms with van der Waals surface area (Å²) in [5.74, 6) is 0.216. The fourth-order valence-electron chi connectivity index (χ4n) is 1.97. The Balaban J connectivity index is 2.31. The summed E-state index contributed by atoms with van der Waals surface area (Å²) >= 11 is 0. The summed E-state index contributed by atoms with van der Waals surface area (Å²) < 4.78 is 18.7. The molecular weight excluding hydrogens is 169 g/mol. The molecule has 0 aromatic rings. The van der Waals surface area contributed by atoms with E-state index in [0.717, 1.165) is 25.9 Å². The molecule has 1 fully saturated rings. The molecule has 3 unspecified atom stereocenters. The number of piperidine rings is 1. The molecule has 1 saturated heterocycles. The second kappa shape index (κ2) is 5.55. The van der Waals surface area contributed by atoms with E-state index in [-0.39, 0.29) is 11.8 Å². The molecular formula is C10H20FNO. The van der Waals surface area contributed by atoms with Gasteiger partial charge in [-0.15, -0.1) is 0 Å². The van der Waals surface area contributed by atoms with Crippen molar-refractivity contribution in [1.82, 2.24) is 5.32 Å². The topological polar surface area (TPSA) is 21.3 Å². The van der Waals surface area contributed by atoms with Gasteiger partial charge in [0.25, 0.3) is 0 Å². The second-order valence-electron chi connectivity index (χ2n) is 3.98. The summed E-state index contributed by atoms with van der Waals surface area (Å²) in [4.78, 5) is 0. The lowest BCUT2D eigenvalue weighted by Gasteiger charge is -2.29. The first-order chi connectivity index (χ1) is 6.25. The van der Waals surface area contributed by atoms with Gasteiger partial charge in [0, 0.05) is 25.5 Å². The maximum Gasteiger partial charge on any atom is 0.109 e. The van der Waals surface area contributed by atoms with Crippen LogP contribution < -0.4 is 5.32 Å². The van der Waals surface area contributed by atoms with E-state index in [1.54, 1.807) is 7.11 Å². The number of nitrogens with one attached hydrogen (secondary N) is 1. The molecule has 0 saturated carbocycles. The number of alkyl halides is 1. The monoisotopic (exact) mass is 189 g/mol. The summed E-state index contributed by atoms with van der Waals surface area (Å²) in [7, 11) is 1.63. The number of halogens is 1. The zero-order valence-electron chi connectivity index (χ0n) is 8.55. The van der Waals surface area contributed by atoms with Crippen molar-refractivity contribution in [1.29, 1.82) is 0 Å². The Morgan fingerprint density at radius 2 is 2.38 bits per heavy atom. The van der Waals surface area contributed by atoms with Crippen molar-refractivity contribution in [3.05, 3.63) is 0 Å². The second-order valence-corrected chi connectivity index (χ2v) is 3.98. The van der Waals surface area contributed by atoms with Crippen LogP contribution in [0.2, 0.25) is 0 Å². The van der Waals surface area contributed by atoms with Gasteiger partial charge in [-0.2, -0.15) is 0 Å². The van der Waals surface area contributed by atoms with Crippen LogP contribution in [0.5, 0.6) is 0 Å². The average molecular weight is 189 g/mol. The minimum Gasteiger partial charge on any atom is -0.384 e. The maximum atomic E-state index is 13.7. The summed E-state index contributed by atoms with van der Waals surface area (Å²) in [5.41, 5.74) is 0. The third kappa shape index (κ3) is 3.24. The molecule has 0 aromatic carbocycles. The van der Waals surface area contributed by atoms with Crippen LogP contribution in [0.1, 0.15) is 19.8 Å². The predicted molar refractivity (Wildman–Crippen MR) is 51.5 cm³/mol. The highest BCUT2D eigenvalue weighted by Crippen LogP contribution is 2.23. The van der Waals surface area contributed by atoms with Crippen molar-refractivity contribution in [2.45, 2.75) is 25.9 Å². The number of hydrogen-bond acceptors (Lipinski definition) is 2. The van der Waals surface area contributed by atoms with Crippen molar-refractivity contribution >= 4 is 0 Å². The Morgan fingerprint density at radius 1 is 1.62 bits per heavy atom. The first-order valence-corrected chi connectivity index (χ1v) is 5.09. The molecule has 1 N–H and O–H groups in total. The number of rotatable bonds is 4. The van der Waals surface area contributed by atoms with Gasteiger partial charge in [0.15, 0.2) is 0 Å². The molecule has 3 atom stereocenters.